The molecule has 0 saturated heterocycles. The van der Waals surface area contributed by atoms with Gasteiger partial charge in [0.05, 0.1) is 35.9 Å². The Hall–Kier alpha value is -2.75. The van der Waals surface area contributed by atoms with Gasteiger partial charge in [-0.05, 0) is 13.3 Å². The highest BCUT2D eigenvalue weighted by Gasteiger charge is 2.42. The molecule has 0 radical (unpaired) electrons. The second kappa shape index (κ2) is 12.0. The van der Waals surface area contributed by atoms with Crippen molar-refractivity contribution in [3.63, 3.8) is 0 Å². The van der Waals surface area contributed by atoms with Crippen LogP contribution in [0.3, 0.4) is 0 Å². The summed E-state index contributed by atoms with van der Waals surface area (Å²) < 4.78 is 5.78. The van der Waals surface area contributed by atoms with Gasteiger partial charge in [0.1, 0.15) is 22.6 Å². The van der Waals surface area contributed by atoms with Crippen LogP contribution in [0.2, 0.25) is 0 Å². The van der Waals surface area contributed by atoms with E-state index in [1.807, 2.05) is 37.5 Å². The summed E-state index contributed by atoms with van der Waals surface area (Å²) in [5, 5.41) is 24.1. The zero-order valence-electron chi connectivity index (χ0n) is 21.4. The molecule has 1 aliphatic heterocycles. The number of cyclic esters (lactones) is 1. The fourth-order valence-electron chi connectivity index (χ4n) is 4.15. The minimum absolute atomic E-state index is 0.246. The first-order valence-corrected chi connectivity index (χ1v) is 13.0. The molecular formula is C27H35N3O5S. The first-order chi connectivity index (χ1) is 17.0. The zero-order chi connectivity index (χ0) is 26.5. The summed E-state index contributed by atoms with van der Waals surface area (Å²) >= 11 is 1.38. The number of allylic oxidation sites excluding steroid dienone is 2. The lowest BCUT2D eigenvalue weighted by molar-refractivity contribution is -0.156. The standard InChI is InChI=1S/C27H35N3O5S/c1-16-7-6-8-17(2)24(33)18(3)25(34)27(4,5)22(31)13-23(32)35-21(10-9-16)20-15-36-26(30-20)19-14-28-11-12-29-19/h6,8-9,11-12,14-15,17-18,21-22,24,31,33H,7,10,13H2,1-5H3/b8-6-,16-9-/t17-,18-,21+,22-,24-/m1/s1. The van der Waals surface area contributed by atoms with Crippen LogP contribution in [0.5, 0.6) is 0 Å². The van der Waals surface area contributed by atoms with E-state index < -0.39 is 35.6 Å². The van der Waals surface area contributed by atoms with E-state index >= 15 is 0 Å². The molecular weight excluding hydrogens is 478 g/mol. The van der Waals surface area contributed by atoms with Crippen molar-refractivity contribution in [2.45, 2.75) is 72.2 Å². The quantitative estimate of drug-likeness (QED) is 0.446. The van der Waals surface area contributed by atoms with Crippen LogP contribution in [-0.4, -0.2) is 49.1 Å². The van der Waals surface area contributed by atoms with E-state index in [0.717, 1.165) is 5.57 Å². The van der Waals surface area contributed by atoms with Crippen LogP contribution in [0.1, 0.15) is 65.7 Å². The van der Waals surface area contributed by atoms with Crippen LogP contribution >= 0.6 is 11.3 Å². The number of aromatic nitrogens is 3. The maximum Gasteiger partial charge on any atom is 0.309 e. The molecule has 36 heavy (non-hydrogen) atoms. The largest absolute Gasteiger partial charge is 0.455 e. The number of aliphatic hydroxyl groups is 2. The molecule has 8 nitrogen and oxygen atoms in total. The van der Waals surface area contributed by atoms with Gasteiger partial charge in [-0.1, -0.05) is 51.5 Å². The highest BCUT2D eigenvalue weighted by Crippen LogP contribution is 2.33. The van der Waals surface area contributed by atoms with E-state index in [-0.39, 0.29) is 18.1 Å². The van der Waals surface area contributed by atoms with E-state index in [0.29, 0.717) is 29.2 Å². The van der Waals surface area contributed by atoms with E-state index in [4.69, 9.17) is 4.74 Å². The first kappa shape index (κ1) is 27.8. The molecule has 194 valence electrons. The SMILES string of the molecule is C/C1=C/C[C@@H](c2csc(-c3cnccn3)n2)OC(=O)C[C@@H](O)C(C)(C)C(=O)[C@H](C)[C@H](O)[C@H](C)/C=C\C1. The van der Waals surface area contributed by atoms with Crippen molar-refractivity contribution < 1.29 is 24.5 Å². The number of carbonyl (C=O) groups excluding carboxylic acids is 2. The van der Waals surface area contributed by atoms with Crippen LogP contribution in [0.25, 0.3) is 10.7 Å². The van der Waals surface area contributed by atoms with Crippen molar-refractivity contribution in [3.05, 3.63) is 53.5 Å². The van der Waals surface area contributed by atoms with Gasteiger partial charge in [0.15, 0.2) is 0 Å². The molecule has 0 fully saturated rings. The van der Waals surface area contributed by atoms with Crippen molar-refractivity contribution in [2.75, 3.05) is 0 Å². The Morgan fingerprint density at radius 3 is 2.61 bits per heavy atom. The van der Waals surface area contributed by atoms with Crippen LogP contribution in [0, 0.1) is 17.3 Å². The Balaban J connectivity index is 1.91. The monoisotopic (exact) mass is 513 g/mol. The molecule has 2 aromatic rings. The number of nitrogens with zero attached hydrogens (tertiary/aromatic N) is 3. The average molecular weight is 514 g/mol. The van der Waals surface area contributed by atoms with Crippen molar-refractivity contribution in [1.82, 2.24) is 15.0 Å². The zero-order valence-corrected chi connectivity index (χ0v) is 22.2. The van der Waals surface area contributed by atoms with Crippen molar-refractivity contribution in [3.8, 4) is 10.7 Å². The first-order valence-electron chi connectivity index (χ1n) is 12.1. The number of rotatable bonds is 2. The fourth-order valence-corrected chi connectivity index (χ4v) is 4.97. The molecule has 0 bridgehead atoms. The van der Waals surface area contributed by atoms with E-state index in [2.05, 4.69) is 15.0 Å². The molecule has 3 heterocycles. The molecule has 3 rings (SSSR count). The van der Waals surface area contributed by atoms with Gasteiger partial charge in [-0.15, -0.1) is 11.3 Å². The number of esters is 1. The highest BCUT2D eigenvalue weighted by atomic mass is 32.1. The summed E-state index contributed by atoms with van der Waals surface area (Å²) in [7, 11) is 0. The third-order valence-electron chi connectivity index (χ3n) is 6.76. The normalized spacial score (nSPS) is 30.8. The van der Waals surface area contributed by atoms with Crippen LogP contribution in [-0.2, 0) is 14.3 Å². The van der Waals surface area contributed by atoms with Crippen molar-refractivity contribution >= 4 is 23.1 Å². The summed E-state index contributed by atoms with van der Waals surface area (Å²) in [6.45, 7) is 8.69. The maximum absolute atomic E-state index is 13.2. The van der Waals surface area contributed by atoms with Crippen molar-refractivity contribution in [2.24, 2.45) is 17.3 Å². The summed E-state index contributed by atoms with van der Waals surface area (Å²) in [6, 6.07) is 0. The molecule has 9 heteroatoms. The molecule has 5 atom stereocenters. The lowest BCUT2D eigenvalue weighted by Crippen LogP contribution is -2.45. The molecule has 0 unspecified atom stereocenters. The van der Waals surface area contributed by atoms with Gasteiger partial charge < -0.3 is 14.9 Å². The predicted octanol–water partition coefficient (Wildman–Crippen LogP) is 4.46. The predicted molar refractivity (Wildman–Crippen MR) is 138 cm³/mol. The van der Waals surface area contributed by atoms with Crippen LogP contribution < -0.4 is 0 Å². The molecule has 0 amide bonds. The van der Waals surface area contributed by atoms with Gasteiger partial charge >= 0.3 is 5.97 Å². The highest BCUT2D eigenvalue weighted by molar-refractivity contribution is 7.13. The van der Waals surface area contributed by atoms with Gasteiger partial charge in [-0.3, -0.25) is 19.6 Å². The topological polar surface area (TPSA) is 123 Å². The third kappa shape index (κ3) is 6.72. The molecule has 0 spiro atoms. The Kier molecular flexibility index (Phi) is 9.27. The van der Waals surface area contributed by atoms with Crippen molar-refractivity contribution in [1.29, 1.82) is 0 Å². The van der Waals surface area contributed by atoms with E-state index in [9.17, 15) is 19.8 Å². The molecule has 0 aliphatic carbocycles. The second-order valence-corrected chi connectivity index (χ2v) is 10.9. The maximum atomic E-state index is 13.2. The summed E-state index contributed by atoms with van der Waals surface area (Å²) in [4.78, 5) is 39.1. The van der Waals surface area contributed by atoms with E-state index in [1.54, 1.807) is 39.4 Å². The molecule has 2 N–H and O–H groups in total. The smallest absolute Gasteiger partial charge is 0.309 e. The number of ether oxygens (including phenoxy) is 1. The van der Waals surface area contributed by atoms with Gasteiger partial charge in [0.25, 0.3) is 0 Å². The Labute approximate surface area is 216 Å². The van der Waals surface area contributed by atoms with Gasteiger partial charge in [-0.25, -0.2) is 4.98 Å². The fraction of sp³-hybridized carbons (Fsp3) is 0.519. The lowest BCUT2D eigenvalue weighted by atomic mass is 9.73. The molecule has 2 aromatic heterocycles. The average Bonchev–Trinajstić information content (AvgIpc) is 3.35. The minimum atomic E-state index is -1.27. The van der Waals surface area contributed by atoms with Crippen LogP contribution in [0.4, 0.5) is 0 Å². The van der Waals surface area contributed by atoms with E-state index in [1.165, 1.54) is 11.3 Å². The number of hydrogen-bond acceptors (Lipinski definition) is 9. The summed E-state index contributed by atoms with van der Waals surface area (Å²) in [5.74, 6) is -1.88. The van der Waals surface area contributed by atoms with Gasteiger partial charge in [0, 0.05) is 36.0 Å². The number of hydrogen-bond donors (Lipinski definition) is 2. The Morgan fingerprint density at radius 1 is 1.17 bits per heavy atom. The number of ketones is 1. The third-order valence-corrected chi connectivity index (χ3v) is 7.64. The number of thiazole rings is 1. The van der Waals surface area contributed by atoms with Gasteiger partial charge in [-0.2, -0.15) is 0 Å². The molecule has 0 aromatic carbocycles. The summed E-state index contributed by atoms with van der Waals surface area (Å²) in [5.41, 5.74) is 1.04. The number of Topliss-reactive ketones (excluding diaryl/α,β-unsaturated/α-hetero) is 1. The van der Waals surface area contributed by atoms with Gasteiger partial charge in [0.2, 0.25) is 0 Å². The Bertz CT molecular complexity index is 1110. The molecule has 0 saturated carbocycles. The second-order valence-electron chi connectivity index (χ2n) is 10.0. The van der Waals surface area contributed by atoms with Crippen LogP contribution in [0.15, 0.2) is 47.8 Å². The minimum Gasteiger partial charge on any atom is -0.455 e. The Morgan fingerprint density at radius 2 is 1.92 bits per heavy atom. The number of carbonyl (C=O) groups is 2. The lowest BCUT2D eigenvalue weighted by Gasteiger charge is -2.34. The summed E-state index contributed by atoms with van der Waals surface area (Å²) in [6.07, 6.45) is 8.57. The number of aliphatic hydroxyl groups excluding tert-OH is 2. The molecule has 1 aliphatic rings.